The SMILES string of the molecule is N#Cc1cnc(NC/C=C/c2ccc3c(c2)NC(=O)/C3=C\c2cnc[nH]2)c(C(=O)O)c1. The van der Waals surface area contributed by atoms with Crippen LogP contribution in [0.5, 0.6) is 0 Å². The minimum Gasteiger partial charge on any atom is -0.478 e. The maximum absolute atomic E-state index is 12.3. The fraction of sp³-hybridized carbons (Fsp3) is 0.0455. The highest BCUT2D eigenvalue weighted by atomic mass is 16.4. The number of carbonyl (C=O) groups excluding carboxylic acids is 1. The number of carbonyl (C=O) groups is 2. The molecule has 3 aromatic rings. The number of amides is 1. The highest BCUT2D eigenvalue weighted by molar-refractivity contribution is 6.34. The van der Waals surface area contributed by atoms with E-state index >= 15 is 0 Å². The van der Waals surface area contributed by atoms with Gasteiger partial charge < -0.3 is 20.7 Å². The maximum atomic E-state index is 12.3. The number of nitriles is 1. The number of pyridine rings is 1. The summed E-state index contributed by atoms with van der Waals surface area (Å²) in [6.45, 7) is 0.327. The first-order chi connectivity index (χ1) is 15.0. The summed E-state index contributed by atoms with van der Waals surface area (Å²) in [6, 6.07) is 8.76. The van der Waals surface area contributed by atoms with E-state index in [4.69, 9.17) is 5.26 Å². The first-order valence-electron chi connectivity index (χ1n) is 9.25. The Hall–Kier alpha value is -4.71. The number of aromatic amines is 1. The van der Waals surface area contributed by atoms with Crippen LogP contribution >= 0.6 is 0 Å². The maximum Gasteiger partial charge on any atom is 0.339 e. The fourth-order valence-corrected chi connectivity index (χ4v) is 3.14. The number of carboxylic acid groups (broad SMARTS) is 1. The van der Waals surface area contributed by atoms with E-state index in [2.05, 4.69) is 25.6 Å². The molecule has 1 aromatic carbocycles. The molecule has 0 saturated heterocycles. The Balaban J connectivity index is 1.46. The lowest BCUT2D eigenvalue weighted by Gasteiger charge is -2.06. The van der Waals surface area contributed by atoms with Gasteiger partial charge in [-0.2, -0.15) is 5.26 Å². The standard InChI is InChI=1S/C22H16N6O3/c23-9-14-6-18(22(30)31)20(26-10-14)25-5-1-2-13-3-4-16-17(8-15-11-24-12-27-15)21(29)28-19(16)7-13/h1-4,6-8,10-12H,5H2,(H,24,27)(H,25,26)(H,28,29)(H,30,31)/b2-1+,17-8-. The Morgan fingerprint density at radius 3 is 2.90 bits per heavy atom. The quantitative estimate of drug-likeness (QED) is 0.456. The Labute approximate surface area is 176 Å². The average molecular weight is 412 g/mol. The van der Waals surface area contributed by atoms with Crippen molar-refractivity contribution in [2.24, 2.45) is 0 Å². The normalized spacial score (nSPS) is 13.8. The van der Waals surface area contributed by atoms with Crippen molar-refractivity contribution >= 4 is 41.1 Å². The van der Waals surface area contributed by atoms with Crippen molar-refractivity contribution in [1.82, 2.24) is 15.0 Å². The van der Waals surface area contributed by atoms with Gasteiger partial charge in [0.2, 0.25) is 0 Å². The predicted molar refractivity (Wildman–Crippen MR) is 115 cm³/mol. The van der Waals surface area contributed by atoms with Crippen molar-refractivity contribution in [3.8, 4) is 6.07 Å². The number of aromatic carboxylic acids is 1. The summed E-state index contributed by atoms with van der Waals surface area (Å²) in [7, 11) is 0. The highest BCUT2D eigenvalue weighted by Gasteiger charge is 2.24. The van der Waals surface area contributed by atoms with Crippen LogP contribution in [0.1, 0.15) is 32.7 Å². The Morgan fingerprint density at radius 1 is 1.29 bits per heavy atom. The monoisotopic (exact) mass is 412 g/mol. The third-order valence-corrected chi connectivity index (χ3v) is 4.59. The van der Waals surface area contributed by atoms with Crippen LogP contribution < -0.4 is 10.6 Å². The molecule has 1 aliphatic rings. The zero-order chi connectivity index (χ0) is 21.8. The number of hydrogen-bond acceptors (Lipinski definition) is 6. The predicted octanol–water partition coefficient (Wildman–Crippen LogP) is 2.99. The molecule has 0 fully saturated rings. The van der Waals surface area contributed by atoms with Gasteiger partial charge in [-0.15, -0.1) is 0 Å². The van der Waals surface area contributed by atoms with Crippen molar-refractivity contribution in [3.63, 3.8) is 0 Å². The molecule has 9 nitrogen and oxygen atoms in total. The minimum atomic E-state index is -1.16. The van der Waals surface area contributed by atoms with Crippen molar-refractivity contribution in [2.75, 3.05) is 17.2 Å². The molecule has 3 heterocycles. The molecule has 152 valence electrons. The molecule has 0 spiro atoms. The molecule has 0 unspecified atom stereocenters. The van der Waals surface area contributed by atoms with Crippen LogP contribution in [0.15, 0.2) is 49.1 Å². The number of hydrogen-bond donors (Lipinski definition) is 4. The molecule has 1 amide bonds. The molecule has 0 atom stereocenters. The number of H-pyrrole nitrogens is 1. The van der Waals surface area contributed by atoms with Crippen LogP contribution in [0.25, 0.3) is 17.7 Å². The zero-order valence-electron chi connectivity index (χ0n) is 16.1. The first kappa shape index (κ1) is 19.6. The van der Waals surface area contributed by atoms with Crippen molar-refractivity contribution in [3.05, 3.63) is 77.0 Å². The van der Waals surface area contributed by atoms with Crippen molar-refractivity contribution < 1.29 is 14.7 Å². The van der Waals surface area contributed by atoms with E-state index < -0.39 is 5.97 Å². The van der Waals surface area contributed by atoms with Gasteiger partial charge in [0, 0.05) is 24.0 Å². The van der Waals surface area contributed by atoms with Crippen LogP contribution in [-0.2, 0) is 4.79 Å². The van der Waals surface area contributed by atoms with Gasteiger partial charge >= 0.3 is 5.97 Å². The molecule has 31 heavy (non-hydrogen) atoms. The molecular formula is C22H16N6O3. The molecule has 0 radical (unpaired) electrons. The Kier molecular flexibility index (Phi) is 5.27. The number of nitrogens with zero attached hydrogens (tertiary/aromatic N) is 3. The van der Waals surface area contributed by atoms with E-state index in [0.717, 1.165) is 16.8 Å². The molecular weight excluding hydrogens is 396 g/mol. The van der Waals surface area contributed by atoms with Crippen LogP contribution in [0.2, 0.25) is 0 Å². The minimum absolute atomic E-state index is 0.0655. The molecule has 2 aromatic heterocycles. The molecule has 0 saturated carbocycles. The van der Waals surface area contributed by atoms with Gasteiger partial charge in [-0.3, -0.25) is 4.79 Å². The van der Waals surface area contributed by atoms with E-state index in [1.54, 1.807) is 18.6 Å². The van der Waals surface area contributed by atoms with E-state index in [9.17, 15) is 14.7 Å². The van der Waals surface area contributed by atoms with Gasteiger partial charge in [-0.25, -0.2) is 14.8 Å². The molecule has 0 aliphatic carbocycles. The Morgan fingerprint density at radius 2 is 2.16 bits per heavy atom. The van der Waals surface area contributed by atoms with Crippen molar-refractivity contribution in [1.29, 1.82) is 5.26 Å². The van der Waals surface area contributed by atoms with E-state index in [-0.39, 0.29) is 22.9 Å². The lowest BCUT2D eigenvalue weighted by atomic mass is 10.0. The van der Waals surface area contributed by atoms with Gasteiger partial charge in [-0.1, -0.05) is 24.3 Å². The van der Waals surface area contributed by atoms with Crippen molar-refractivity contribution in [2.45, 2.75) is 0 Å². The molecule has 0 bridgehead atoms. The zero-order valence-corrected chi connectivity index (χ0v) is 16.1. The van der Waals surface area contributed by atoms with Crippen LogP contribution in [0.3, 0.4) is 0 Å². The second kappa shape index (κ2) is 8.34. The number of aromatic nitrogens is 3. The van der Waals surface area contributed by atoms with Gasteiger partial charge in [0.05, 0.1) is 29.4 Å². The number of benzene rings is 1. The molecule has 4 rings (SSSR count). The topological polar surface area (TPSA) is 144 Å². The van der Waals surface area contributed by atoms with Gasteiger partial charge in [-0.05, 0) is 23.8 Å². The average Bonchev–Trinajstić information content (AvgIpc) is 3.39. The number of anilines is 2. The molecule has 9 heteroatoms. The fourth-order valence-electron chi connectivity index (χ4n) is 3.14. The molecule has 4 N–H and O–H groups in total. The highest BCUT2D eigenvalue weighted by Crippen LogP contribution is 2.33. The lowest BCUT2D eigenvalue weighted by molar-refractivity contribution is -0.110. The third kappa shape index (κ3) is 4.18. The Bertz CT molecular complexity index is 1270. The summed E-state index contributed by atoms with van der Waals surface area (Å²) in [5, 5.41) is 24.0. The number of imidazole rings is 1. The van der Waals surface area contributed by atoms with Crippen LogP contribution in [-0.4, -0.2) is 38.5 Å². The second-order valence-electron chi connectivity index (χ2n) is 6.64. The number of fused-ring (bicyclic) bond motifs is 1. The van der Waals surface area contributed by atoms with Gasteiger partial charge in [0.25, 0.3) is 5.91 Å². The van der Waals surface area contributed by atoms with Gasteiger partial charge in [0.15, 0.2) is 0 Å². The largest absolute Gasteiger partial charge is 0.478 e. The number of rotatable bonds is 6. The van der Waals surface area contributed by atoms with E-state index in [0.29, 0.717) is 17.8 Å². The summed E-state index contributed by atoms with van der Waals surface area (Å²) in [5.41, 5.74) is 3.81. The third-order valence-electron chi connectivity index (χ3n) is 4.59. The smallest absolute Gasteiger partial charge is 0.339 e. The summed E-state index contributed by atoms with van der Waals surface area (Å²) in [5.74, 6) is -1.16. The second-order valence-corrected chi connectivity index (χ2v) is 6.64. The van der Waals surface area contributed by atoms with E-state index in [1.165, 1.54) is 12.3 Å². The van der Waals surface area contributed by atoms with E-state index in [1.807, 2.05) is 36.4 Å². The first-order valence-corrected chi connectivity index (χ1v) is 9.25. The lowest BCUT2D eigenvalue weighted by Crippen LogP contribution is -2.08. The summed E-state index contributed by atoms with van der Waals surface area (Å²) >= 11 is 0. The number of nitrogens with one attached hydrogen (secondary N) is 3. The van der Waals surface area contributed by atoms with Crippen LogP contribution in [0, 0.1) is 11.3 Å². The summed E-state index contributed by atoms with van der Waals surface area (Å²) in [4.78, 5) is 34.6. The van der Waals surface area contributed by atoms with Crippen LogP contribution in [0.4, 0.5) is 11.5 Å². The summed E-state index contributed by atoms with van der Waals surface area (Å²) < 4.78 is 0. The van der Waals surface area contributed by atoms with Gasteiger partial charge in [0.1, 0.15) is 17.5 Å². The summed E-state index contributed by atoms with van der Waals surface area (Å²) in [6.07, 6.45) is 9.91. The molecule has 1 aliphatic heterocycles. The number of carboxylic acids is 1.